The summed E-state index contributed by atoms with van der Waals surface area (Å²) >= 11 is 0. The Morgan fingerprint density at radius 2 is 1.66 bits per heavy atom. The number of aliphatic hydroxyl groups excluding tert-OH is 3. The summed E-state index contributed by atoms with van der Waals surface area (Å²) in [5.41, 5.74) is 0.103. The van der Waals surface area contributed by atoms with E-state index in [1.165, 1.54) is 25.7 Å². The average molecular weight is 407 g/mol. The predicted octanol–water partition coefficient (Wildman–Crippen LogP) is 5.02. The van der Waals surface area contributed by atoms with Crippen molar-refractivity contribution in [3.63, 3.8) is 0 Å². The summed E-state index contributed by atoms with van der Waals surface area (Å²) in [6.45, 7) is 11.7. The first-order valence-electron chi connectivity index (χ1n) is 12.7. The largest absolute Gasteiger partial charge is 0.393 e. The van der Waals surface area contributed by atoms with Gasteiger partial charge >= 0.3 is 0 Å². The lowest BCUT2D eigenvalue weighted by Gasteiger charge is -2.65. The summed E-state index contributed by atoms with van der Waals surface area (Å²) in [6.07, 6.45) is 8.72. The Hall–Kier alpha value is -0.120. The molecule has 4 aliphatic rings. The highest BCUT2D eigenvalue weighted by molar-refractivity contribution is 5.15. The van der Waals surface area contributed by atoms with Crippen molar-refractivity contribution < 1.29 is 15.3 Å². The van der Waals surface area contributed by atoms with Gasteiger partial charge in [-0.3, -0.25) is 0 Å². The van der Waals surface area contributed by atoms with Crippen LogP contribution in [0.15, 0.2) is 0 Å². The van der Waals surface area contributed by atoms with Crippen molar-refractivity contribution in [1.82, 2.24) is 0 Å². The topological polar surface area (TPSA) is 60.7 Å². The Kier molecular flexibility index (Phi) is 5.93. The lowest BCUT2D eigenvalue weighted by Crippen LogP contribution is -2.65. The fourth-order valence-electron chi connectivity index (χ4n) is 9.55. The molecule has 0 spiro atoms. The van der Waals surface area contributed by atoms with E-state index in [1.807, 2.05) is 0 Å². The maximum Gasteiger partial charge on any atom is 0.0605 e. The van der Waals surface area contributed by atoms with Crippen LogP contribution in [0, 0.1) is 52.3 Å². The Labute approximate surface area is 178 Å². The minimum Gasteiger partial charge on any atom is -0.393 e. The van der Waals surface area contributed by atoms with Gasteiger partial charge in [-0.15, -0.1) is 0 Å². The van der Waals surface area contributed by atoms with Gasteiger partial charge in [0.2, 0.25) is 0 Å². The van der Waals surface area contributed by atoms with Crippen LogP contribution in [0.1, 0.15) is 92.4 Å². The van der Waals surface area contributed by atoms with E-state index in [4.69, 9.17) is 0 Å². The second kappa shape index (κ2) is 7.78. The van der Waals surface area contributed by atoms with Gasteiger partial charge in [0, 0.05) is 0 Å². The van der Waals surface area contributed by atoms with Crippen LogP contribution in [0.25, 0.3) is 0 Å². The van der Waals surface area contributed by atoms with Gasteiger partial charge in [-0.25, -0.2) is 0 Å². The van der Waals surface area contributed by atoms with Gasteiger partial charge in [0.05, 0.1) is 18.3 Å². The lowest BCUT2D eigenvalue weighted by atomic mass is 9.41. The smallest absolute Gasteiger partial charge is 0.0605 e. The molecule has 3 N–H and O–H groups in total. The molecule has 12 atom stereocenters. The molecule has 0 aromatic heterocycles. The van der Waals surface area contributed by atoms with Gasteiger partial charge in [-0.2, -0.15) is 0 Å². The van der Waals surface area contributed by atoms with Crippen LogP contribution in [-0.2, 0) is 0 Å². The van der Waals surface area contributed by atoms with Crippen molar-refractivity contribution in [2.75, 3.05) is 0 Å². The molecule has 0 saturated heterocycles. The van der Waals surface area contributed by atoms with E-state index in [-0.39, 0.29) is 29.1 Å². The third-order valence-corrected chi connectivity index (χ3v) is 11.0. The van der Waals surface area contributed by atoms with E-state index in [9.17, 15) is 15.3 Å². The van der Waals surface area contributed by atoms with Gasteiger partial charge in [0.25, 0.3) is 0 Å². The highest BCUT2D eigenvalue weighted by atomic mass is 16.3. The zero-order valence-corrected chi connectivity index (χ0v) is 19.5. The van der Waals surface area contributed by atoms with E-state index in [1.54, 1.807) is 0 Å². The molecule has 0 bridgehead atoms. The number of hydrogen-bond acceptors (Lipinski definition) is 3. The van der Waals surface area contributed by atoms with Crippen LogP contribution < -0.4 is 0 Å². The molecule has 4 unspecified atom stereocenters. The van der Waals surface area contributed by atoms with Crippen molar-refractivity contribution >= 4 is 0 Å². The predicted molar refractivity (Wildman–Crippen MR) is 117 cm³/mol. The van der Waals surface area contributed by atoms with Crippen molar-refractivity contribution in [1.29, 1.82) is 0 Å². The van der Waals surface area contributed by atoms with Crippen molar-refractivity contribution in [3.05, 3.63) is 0 Å². The molecular weight excluding hydrogens is 360 g/mol. The number of aliphatic hydroxyl groups is 3. The van der Waals surface area contributed by atoms with Gasteiger partial charge in [0.1, 0.15) is 0 Å². The van der Waals surface area contributed by atoms with Crippen LogP contribution in [0.3, 0.4) is 0 Å². The maximum absolute atomic E-state index is 11.7. The van der Waals surface area contributed by atoms with Gasteiger partial charge in [-0.1, -0.05) is 53.9 Å². The van der Waals surface area contributed by atoms with Crippen LogP contribution in [-0.4, -0.2) is 33.6 Å². The zero-order chi connectivity index (χ0) is 21.1. The van der Waals surface area contributed by atoms with E-state index < -0.39 is 0 Å². The molecule has 4 saturated carbocycles. The Morgan fingerprint density at radius 3 is 2.31 bits per heavy atom. The quantitative estimate of drug-likeness (QED) is 0.614. The second-order valence-corrected chi connectivity index (χ2v) is 12.0. The molecule has 3 nitrogen and oxygen atoms in total. The van der Waals surface area contributed by atoms with Crippen LogP contribution in [0.5, 0.6) is 0 Å². The molecule has 4 fully saturated rings. The molecular formula is C26H46O3. The van der Waals surface area contributed by atoms with Gasteiger partial charge < -0.3 is 15.3 Å². The molecule has 0 aliphatic heterocycles. The monoisotopic (exact) mass is 406 g/mol. The summed E-state index contributed by atoms with van der Waals surface area (Å²) in [5, 5.41) is 33.7. The maximum atomic E-state index is 11.7. The molecule has 0 aromatic carbocycles. The molecule has 29 heavy (non-hydrogen) atoms. The Balaban J connectivity index is 1.71. The molecule has 0 heterocycles. The highest BCUT2D eigenvalue weighted by Gasteiger charge is 2.67. The molecule has 168 valence electrons. The first kappa shape index (κ1) is 22.1. The van der Waals surface area contributed by atoms with Crippen LogP contribution in [0.2, 0.25) is 0 Å². The summed E-state index contributed by atoms with van der Waals surface area (Å²) in [6, 6.07) is 0. The minimum atomic E-state index is -0.273. The summed E-state index contributed by atoms with van der Waals surface area (Å²) in [5.74, 6) is 3.07. The number of fused-ring (bicyclic) bond motifs is 5. The SMILES string of the molecule is CCC[C@@H](C)[C@H]1CCC2C3C(O)[C@H](CC)[C@@H]4C[C@H](O)CC[C@]4(C)C3C[C@H](O)[C@@]21C. The normalized spacial score (nSPS) is 55.7. The van der Waals surface area contributed by atoms with Crippen LogP contribution in [0.4, 0.5) is 0 Å². The molecule has 0 amide bonds. The second-order valence-electron chi connectivity index (χ2n) is 12.0. The van der Waals surface area contributed by atoms with E-state index in [2.05, 4.69) is 34.6 Å². The summed E-state index contributed by atoms with van der Waals surface area (Å²) < 4.78 is 0. The minimum absolute atomic E-state index is 0.0492. The number of rotatable bonds is 4. The zero-order valence-electron chi connectivity index (χ0n) is 19.5. The van der Waals surface area contributed by atoms with E-state index >= 15 is 0 Å². The third-order valence-electron chi connectivity index (χ3n) is 11.0. The molecule has 4 rings (SSSR count). The van der Waals surface area contributed by atoms with Gasteiger partial charge in [-0.05, 0) is 90.8 Å². The molecule has 0 radical (unpaired) electrons. The Bertz CT molecular complexity index is 593. The fourth-order valence-corrected chi connectivity index (χ4v) is 9.55. The van der Waals surface area contributed by atoms with E-state index in [0.717, 1.165) is 32.1 Å². The van der Waals surface area contributed by atoms with Crippen molar-refractivity contribution in [2.24, 2.45) is 52.3 Å². The Morgan fingerprint density at radius 1 is 0.931 bits per heavy atom. The van der Waals surface area contributed by atoms with Crippen molar-refractivity contribution in [2.45, 2.75) is 111 Å². The first-order valence-corrected chi connectivity index (χ1v) is 12.7. The standard InChI is InChI=1S/C26H46O3/c1-6-8-15(3)18-9-10-19-23-21(14-22(28)26(18,19)5)25(4)12-11-16(27)13-20(25)17(7-2)24(23)29/h15-24,27-29H,6-14H2,1-5H3/t15-,16-,17-,18-,19?,20+,21?,22+,23?,24?,25+,26-/m1/s1. The first-order chi connectivity index (χ1) is 13.7. The summed E-state index contributed by atoms with van der Waals surface area (Å²) in [4.78, 5) is 0. The molecule has 3 heteroatoms. The number of hydrogen-bond donors (Lipinski definition) is 3. The van der Waals surface area contributed by atoms with E-state index in [0.29, 0.717) is 41.4 Å². The third kappa shape index (κ3) is 3.08. The van der Waals surface area contributed by atoms with Gasteiger partial charge in [0.15, 0.2) is 0 Å². The lowest BCUT2D eigenvalue weighted by molar-refractivity contribution is -0.228. The fraction of sp³-hybridized carbons (Fsp3) is 1.00. The van der Waals surface area contributed by atoms with Crippen LogP contribution >= 0.6 is 0 Å². The highest BCUT2D eigenvalue weighted by Crippen LogP contribution is 2.69. The molecule has 0 aromatic rings. The average Bonchev–Trinajstić information content (AvgIpc) is 3.03. The van der Waals surface area contributed by atoms with Crippen molar-refractivity contribution in [3.8, 4) is 0 Å². The molecule has 4 aliphatic carbocycles. The summed E-state index contributed by atoms with van der Waals surface area (Å²) in [7, 11) is 0.